The van der Waals surface area contributed by atoms with Crippen molar-refractivity contribution in [3.63, 3.8) is 0 Å². The van der Waals surface area contributed by atoms with Gasteiger partial charge in [0.2, 0.25) is 11.8 Å². The Morgan fingerprint density at radius 1 is 0.756 bits per heavy atom. The summed E-state index contributed by atoms with van der Waals surface area (Å²) in [4.78, 5) is 30.0. The molecule has 0 fully saturated rings. The topological polar surface area (TPSA) is 49.4 Å². The molecule has 212 valence electrons. The largest absolute Gasteiger partial charge is 0.352 e. The van der Waals surface area contributed by atoms with Gasteiger partial charge in [-0.1, -0.05) is 127 Å². The number of benzene rings is 4. The molecule has 1 N–H and O–H groups in total. The van der Waals surface area contributed by atoms with Crippen LogP contribution in [0.4, 0.5) is 0 Å². The summed E-state index contributed by atoms with van der Waals surface area (Å²) >= 11 is 12.6. The fraction of sp³-hybridized carbons (Fsp3) is 0.257. The van der Waals surface area contributed by atoms with Crippen molar-refractivity contribution in [2.75, 3.05) is 0 Å². The van der Waals surface area contributed by atoms with Gasteiger partial charge in [-0.05, 0) is 47.7 Å². The first-order valence-electron chi connectivity index (χ1n) is 14.0. The highest BCUT2D eigenvalue weighted by molar-refractivity contribution is 6.42. The molecule has 2 amide bonds. The Morgan fingerprint density at radius 3 is 1.85 bits per heavy atom. The maximum Gasteiger partial charge on any atom is 0.243 e. The van der Waals surface area contributed by atoms with Crippen LogP contribution in [-0.4, -0.2) is 28.8 Å². The Morgan fingerprint density at radius 2 is 1.32 bits per heavy atom. The molecule has 4 aromatic rings. The minimum absolute atomic E-state index is 0.0240. The molecular weight excluding hydrogens is 551 g/mol. The van der Waals surface area contributed by atoms with Gasteiger partial charge in [-0.25, -0.2) is 0 Å². The minimum Gasteiger partial charge on any atom is -0.352 e. The third kappa shape index (κ3) is 8.45. The van der Waals surface area contributed by atoms with Crippen LogP contribution in [0.25, 0.3) is 0 Å². The molecule has 0 aliphatic carbocycles. The second-order valence-corrected chi connectivity index (χ2v) is 11.2. The summed E-state index contributed by atoms with van der Waals surface area (Å²) in [7, 11) is 0. The molecule has 2 atom stereocenters. The number of nitrogens with one attached hydrogen (secondary N) is 1. The summed E-state index contributed by atoms with van der Waals surface area (Å²) in [5.41, 5.74) is 3.87. The van der Waals surface area contributed by atoms with Crippen molar-refractivity contribution in [1.29, 1.82) is 0 Å². The average Bonchev–Trinajstić information content (AvgIpc) is 3.00. The first-order valence-corrected chi connectivity index (χ1v) is 14.8. The van der Waals surface area contributed by atoms with Crippen molar-refractivity contribution in [3.05, 3.63) is 141 Å². The van der Waals surface area contributed by atoms with Gasteiger partial charge in [0.15, 0.2) is 0 Å². The standard InChI is InChI=1S/C35H36Cl2N2O2/c1-3-25(2)38-35(41)33(22-26-13-7-4-8-14-26)39(24-27-19-20-31(36)32(37)21-27)34(40)23-30(28-15-9-5-10-16-28)29-17-11-6-12-18-29/h4-21,25,30,33H,3,22-24H2,1-2H3,(H,38,41). The predicted octanol–water partition coefficient (Wildman–Crippen LogP) is 8.07. The zero-order valence-corrected chi connectivity index (χ0v) is 25.0. The van der Waals surface area contributed by atoms with Crippen molar-refractivity contribution >= 4 is 35.0 Å². The van der Waals surface area contributed by atoms with Crippen molar-refractivity contribution in [2.24, 2.45) is 0 Å². The number of halogens is 2. The van der Waals surface area contributed by atoms with Crippen LogP contribution in [0.1, 0.15) is 54.9 Å². The number of nitrogens with zero attached hydrogens (tertiary/aromatic N) is 1. The van der Waals surface area contributed by atoms with Crippen LogP contribution in [0.2, 0.25) is 10.0 Å². The highest BCUT2D eigenvalue weighted by Crippen LogP contribution is 2.30. The van der Waals surface area contributed by atoms with E-state index in [9.17, 15) is 9.59 Å². The molecule has 0 aliphatic rings. The van der Waals surface area contributed by atoms with Gasteiger partial charge < -0.3 is 10.2 Å². The molecule has 0 heterocycles. The lowest BCUT2D eigenvalue weighted by Gasteiger charge is -2.33. The number of hydrogen-bond acceptors (Lipinski definition) is 2. The van der Waals surface area contributed by atoms with Gasteiger partial charge in [0.25, 0.3) is 0 Å². The molecule has 6 heteroatoms. The van der Waals surface area contributed by atoms with Gasteiger partial charge in [-0.3, -0.25) is 9.59 Å². The summed E-state index contributed by atoms with van der Waals surface area (Å²) in [6.07, 6.45) is 1.38. The zero-order chi connectivity index (χ0) is 29.2. The second kappa shape index (κ2) is 14.9. The number of rotatable bonds is 12. The van der Waals surface area contributed by atoms with E-state index in [2.05, 4.69) is 5.32 Å². The van der Waals surface area contributed by atoms with Crippen LogP contribution in [0.15, 0.2) is 109 Å². The van der Waals surface area contributed by atoms with Crippen molar-refractivity contribution in [1.82, 2.24) is 10.2 Å². The van der Waals surface area contributed by atoms with Gasteiger partial charge >= 0.3 is 0 Å². The van der Waals surface area contributed by atoms with E-state index < -0.39 is 6.04 Å². The normalized spacial score (nSPS) is 12.5. The molecule has 4 aromatic carbocycles. The molecule has 2 unspecified atom stereocenters. The molecule has 0 spiro atoms. The van der Waals surface area contributed by atoms with Crippen LogP contribution in [0.5, 0.6) is 0 Å². The molecule has 0 saturated heterocycles. The van der Waals surface area contributed by atoms with Crippen molar-refractivity contribution < 1.29 is 9.59 Å². The summed E-state index contributed by atoms with van der Waals surface area (Å²) in [6, 6.07) is 34.5. The van der Waals surface area contributed by atoms with Crippen LogP contribution in [0.3, 0.4) is 0 Å². The first-order chi connectivity index (χ1) is 19.9. The maximum atomic E-state index is 14.4. The summed E-state index contributed by atoms with van der Waals surface area (Å²) in [6.45, 7) is 4.22. The Kier molecular flexibility index (Phi) is 11.0. The fourth-order valence-electron chi connectivity index (χ4n) is 4.92. The van der Waals surface area contributed by atoms with Gasteiger partial charge in [0.1, 0.15) is 6.04 Å². The molecule has 41 heavy (non-hydrogen) atoms. The van der Waals surface area contributed by atoms with E-state index in [1.54, 1.807) is 17.0 Å². The minimum atomic E-state index is -0.722. The highest BCUT2D eigenvalue weighted by Gasteiger charge is 2.32. The van der Waals surface area contributed by atoms with E-state index in [1.807, 2.05) is 111 Å². The molecule has 0 bridgehead atoms. The number of hydrogen-bond donors (Lipinski definition) is 1. The molecule has 0 saturated carbocycles. The number of carbonyl (C=O) groups excluding carboxylic acids is 2. The lowest BCUT2D eigenvalue weighted by atomic mass is 9.87. The summed E-state index contributed by atoms with van der Waals surface area (Å²) in [5, 5.41) is 3.98. The summed E-state index contributed by atoms with van der Waals surface area (Å²) in [5.74, 6) is -0.460. The number of carbonyl (C=O) groups is 2. The molecular formula is C35H36Cl2N2O2. The second-order valence-electron chi connectivity index (χ2n) is 10.4. The SMILES string of the molecule is CCC(C)NC(=O)C(Cc1ccccc1)N(Cc1ccc(Cl)c(Cl)c1)C(=O)CC(c1ccccc1)c1ccccc1. The smallest absolute Gasteiger partial charge is 0.243 e. The Bertz CT molecular complexity index is 1370. The lowest BCUT2D eigenvalue weighted by molar-refractivity contribution is -0.141. The Hall–Kier alpha value is -3.60. The van der Waals surface area contributed by atoms with Gasteiger partial charge in [-0.2, -0.15) is 0 Å². The third-order valence-electron chi connectivity index (χ3n) is 7.39. The number of amides is 2. The van der Waals surface area contributed by atoms with Gasteiger partial charge in [0.05, 0.1) is 10.0 Å². The van der Waals surface area contributed by atoms with Gasteiger partial charge in [0, 0.05) is 31.3 Å². The van der Waals surface area contributed by atoms with Crippen molar-refractivity contribution in [2.45, 2.75) is 57.7 Å². The zero-order valence-electron chi connectivity index (χ0n) is 23.5. The molecule has 0 radical (unpaired) electrons. The van der Waals surface area contributed by atoms with E-state index in [0.29, 0.717) is 16.5 Å². The molecule has 0 aromatic heterocycles. The van der Waals surface area contributed by atoms with Crippen LogP contribution in [0, 0.1) is 0 Å². The third-order valence-corrected chi connectivity index (χ3v) is 8.13. The van der Waals surface area contributed by atoms with Crippen LogP contribution < -0.4 is 5.32 Å². The monoisotopic (exact) mass is 586 g/mol. The first kappa shape index (κ1) is 30.4. The highest BCUT2D eigenvalue weighted by atomic mass is 35.5. The molecule has 4 rings (SSSR count). The van der Waals surface area contributed by atoms with Crippen LogP contribution in [-0.2, 0) is 22.6 Å². The van der Waals surface area contributed by atoms with Gasteiger partial charge in [-0.15, -0.1) is 0 Å². The van der Waals surface area contributed by atoms with E-state index in [4.69, 9.17) is 23.2 Å². The Balaban J connectivity index is 1.75. The Labute approximate surface area is 253 Å². The summed E-state index contributed by atoms with van der Waals surface area (Å²) < 4.78 is 0. The van der Waals surface area contributed by atoms with E-state index in [-0.39, 0.29) is 36.7 Å². The predicted molar refractivity (Wildman–Crippen MR) is 168 cm³/mol. The lowest BCUT2D eigenvalue weighted by Crippen LogP contribution is -2.52. The fourth-order valence-corrected chi connectivity index (χ4v) is 5.24. The van der Waals surface area contributed by atoms with Crippen molar-refractivity contribution in [3.8, 4) is 0 Å². The quantitative estimate of drug-likeness (QED) is 0.182. The van der Waals surface area contributed by atoms with E-state index >= 15 is 0 Å². The van der Waals surface area contributed by atoms with E-state index in [1.165, 1.54) is 0 Å². The maximum absolute atomic E-state index is 14.4. The van der Waals surface area contributed by atoms with E-state index in [0.717, 1.165) is 28.7 Å². The molecule has 4 nitrogen and oxygen atoms in total. The van der Waals surface area contributed by atoms with Crippen LogP contribution >= 0.6 is 23.2 Å². The molecule has 0 aliphatic heterocycles. The average molecular weight is 588 g/mol.